The fraction of sp³-hybridized carbons (Fsp3) is 0.531. The highest BCUT2D eigenvalue weighted by atomic mass is 16.5. The van der Waals surface area contributed by atoms with Crippen molar-refractivity contribution in [1.82, 2.24) is 36.8 Å². The number of amides is 7. The molecule has 10 atom stereocenters. The molecule has 1 aliphatic heterocycles. The molecule has 25 heteroatoms. The smallest absolute Gasteiger partial charge is 0.327 e. The zero-order valence-electron chi connectivity index (χ0n) is 43.1. The van der Waals surface area contributed by atoms with Crippen molar-refractivity contribution in [3.05, 3.63) is 72.0 Å². The van der Waals surface area contributed by atoms with Crippen LogP contribution < -0.4 is 54.8 Å². The molecule has 1 heterocycles. The Morgan fingerprint density at radius 3 is 1.85 bits per heavy atom. The molecule has 0 unspecified atom stereocenters. The third-order valence-electron chi connectivity index (χ3n) is 12.2. The van der Waals surface area contributed by atoms with E-state index >= 15 is 0 Å². The number of ether oxygens (including phenoxy) is 1. The van der Waals surface area contributed by atoms with Gasteiger partial charge < -0.3 is 74.7 Å². The Morgan fingerprint density at radius 2 is 1.32 bits per heavy atom. The first-order chi connectivity index (χ1) is 34.8. The molecule has 1 aliphatic rings. The summed E-state index contributed by atoms with van der Waals surface area (Å²) in [4.78, 5) is 130. The number of nitrogens with two attached hydrogens (primary N) is 4. The van der Waals surface area contributed by atoms with E-state index in [-0.39, 0.29) is 62.7 Å². The van der Waals surface area contributed by atoms with Gasteiger partial charge in [0.15, 0.2) is 11.9 Å². The van der Waals surface area contributed by atoms with Crippen molar-refractivity contribution < 1.29 is 58.1 Å². The standard InChI is InChI=1S/C49H75N13O12/c1-26(24-27(2)37(74-8)25-32-14-10-9-11-15-32)18-19-33-28(3)40(64)60-36(46(70)71)20-21-38(63)62(7)31(6)43(67)56-30(5)42(66)59-35(17-13-23-55-49(52)53)45(69)61-39(47(72)73)29(4)41(65)58-34(44(68)57-33)16-12-22-54-48(50)51/h9-11,14-15,18-19,24,27-30,33-37,39H,6,12-13,16-17,20-23,25H2,1-5,7-8H3,(H,56,67)(H,57,68)(H,58,65)(H,59,66)(H,60,64)(H,61,69)(H,70,71)(H,72,73)(H4,50,51,54)(H4,52,53,55)/b19-18+,26-24+/t27-,28-,29-,30+,33-,34-,35+,36+,37-,39+/m0/s1. The van der Waals surface area contributed by atoms with Gasteiger partial charge in [0.25, 0.3) is 5.91 Å². The summed E-state index contributed by atoms with van der Waals surface area (Å²) in [5.41, 5.74) is 23.2. The summed E-state index contributed by atoms with van der Waals surface area (Å²) in [5, 5.41) is 35.4. The Morgan fingerprint density at radius 1 is 0.784 bits per heavy atom. The fourth-order valence-corrected chi connectivity index (χ4v) is 7.53. The average molecular weight is 1040 g/mol. The van der Waals surface area contributed by atoms with Gasteiger partial charge in [0.2, 0.25) is 35.4 Å². The lowest BCUT2D eigenvalue weighted by Gasteiger charge is -2.28. The van der Waals surface area contributed by atoms with E-state index in [0.717, 1.165) is 10.5 Å². The van der Waals surface area contributed by atoms with Crippen molar-refractivity contribution in [2.45, 2.75) is 122 Å². The van der Waals surface area contributed by atoms with Gasteiger partial charge in [0, 0.05) is 39.6 Å². The molecular weight excluding hydrogens is 963 g/mol. The van der Waals surface area contributed by atoms with E-state index in [1.807, 2.05) is 43.3 Å². The van der Waals surface area contributed by atoms with E-state index in [2.05, 4.69) is 48.5 Å². The first-order valence-corrected chi connectivity index (χ1v) is 24.1. The summed E-state index contributed by atoms with van der Waals surface area (Å²) in [5.74, 6) is -13.1. The number of nitrogens with zero attached hydrogens (tertiary/aromatic N) is 3. The van der Waals surface area contributed by atoms with Gasteiger partial charge in [-0.1, -0.05) is 81.5 Å². The van der Waals surface area contributed by atoms with Crippen LogP contribution in [0.5, 0.6) is 0 Å². The van der Waals surface area contributed by atoms with Gasteiger partial charge in [0.1, 0.15) is 35.9 Å². The average Bonchev–Trinajstić information content (AvgIpc) is 3.34. The molecule has 0 aromatic heterocycles. The Balaban J connectivity index is 2.74. The molecule has 0 aliphatic carbocycles. The van der Waals surface area contributed by atoms with Gasteiger partial charge >= 0.3 is 11.9 Å². The molecular formula is C49H75N13O12. The number of carbonyl (C=O) groups excluding carboxylic acids is 7. The Bertz CT molecular complexity index is 2280. The van der Waals surface area contributed by atoms with Crippen LogP contribution in [0.25, 0.3) is 0 Å². The molecule has 408 valence electrons. The summed E-state index contributed by atoms with van der Waals surface area (Å²) in [7, 11) is 2.80. The maximum Gasteiger partial charge on any atom is 0.327 e. The zero-order chi connectivity index (χ0) is 55.8. The summed E-state index contributed by atoms with van der Waals surface area (Å²) in [6.07, 6.45) is 4.40. The van der Waals surface area contributed by atoms with Crippen molar-refractivity contribution >= 4 is 65.2 Å². The van der Waals surface area contributed by atoms with Crippen molar-refractivity contribution in [2.75, 3.05) is 27.2 Å². The molecule has 0 spiro atoms. The molecule has 0 bridgehead atoms. The van der Waals surface area contributed by atoms with Gasteiger partial charge in [-0.2, -0.15) is 0 Å². The van der Waals surface area contributed by atoms with Crippen LogP contribution in [0.1, 0.15) is 78.7 Å². The lowest BCUT2D eigenvalue weighted by Crippen LogP contribution is -2.59. The Hall–Kier alpha value is -7.83. The quantitative estimate of drug-likeness (QED) is 0.0281. The highest BCUT2D eigenvalue weighted by Crippen LogP contribution is 2.19. The minimum Gasteiger partial charge on any atom is -0.480 e. The molecule has 25 nitrogen and oxygen atoms in total. The summed E-state index contributed by atoms with van der Waals surface area (Å²) in [6.45, 7) is 11.2. The molecule has 7 amide bonds. The van der Waals surface area contributed by atoms with Crippen molar-refractivity contribution in [2.24, 2.45) is 50.7 Å². The first kappa shape index (κ1) is 62.3. The number of aliphatic carboxylic acids is 2. The Kier molecular flexibility index (Phi) is 26.0. The number of aliphatic imine (C=N–C) groups is 2. The number of nitrogens with one attached hydrogen (secondary N) is 6. The molecule has 1 saturated heterocycles. The van der Waals surface area contributed by atoms with E-state index in [9.17, 15) is 53.4 Å². The van der Waals surface area contributed by atoms with Crippen LogP contribution in [0.2, 0.25) is 0 Å². The van der Waals surface area contributed by atoms with E-state index < -0.39 is 120 Å². The predicted octanol–water partition coefficient (Wildman–Crippen LogP) is -1.37. The van der Waals surface area contributed by atoms with E-state index in [1.54, 1.807) is 20.1 Å². The maximum absolute atomic E-state index is 14.4. The number of carboxylic acid groups (broad SMARTS) is 2. The molecule has 1 aromatic carbocycles. The number of hydrogen-bond donors (Lipinski definition) is 12. The number of allylic oxidation sites excluding steroid dienone is 2. The molecule has 74 heavy (non-hydrogen) atoms. The van der Waals surface area contributed by atoms with Gasteiger partial charge in [-0.3, -0.25) is 43.5 Å². The second-order valence-electron chi connectivity index (χ2n) is 18.1. The number of benzene rings is 1. The zero-order valence-corrected chi connectivity index (χ0v) is 43.1. The number of guanidine groups is 2. The van der Waals surface area contributed by atoms with Crippen LogP contribution in [-0.4, -0.2) is 150 Å². The Labute approximate surface area is 430 Å². The number of likely N-dealkylation sites (N-methyl/N-ethyl adjacent to an activating group) is 1. The van der Waals surface area contributed by atoms with Crippen LogP contribution >= 0.6 is 0 Å². The number of hydrogen-bond acceptors (Lipinski definition) is 12. The molecule has 1 aromatic rings. The third-order valence-corrected chi connectivity index (χ3v) is 12.2. The second-order valence-corrected chi connectivity index (χ2v) is 18.1. The van der Waals surface area contributed by atoms with Crippen LogP contribution in [0, 0.1) is 17.8 Å². The van der Waals surface area contributed by atoms with E-state index in [0.29, 0.717) is 12.0 Å². The summed E-state index contributed by atoms with van der Waals surface area (Å²) in [6, 6.07) is 0.633. The first-order valence-electron chi connectivity index (χ1n) is 24.1. The monoisotopic (exact) mass is 1040 g/mol. The van der Waals surface area contributed by atoms with E-state index in [4.69, 9.17) is 27.7 Å². The SMILES string of the molecule is C=C1C(=O)N[C@H](C)C(=O)N[C@H](CCCN=C(N)N)C(=O)N[C@@H](C(=O)O)[C@H](C)C(=O)N[C@@H](CCCN=C(N)N)C(=O)N[C@@H](/C=C/C(C)=C/[C@H](C)[C@H](Cc2ccccc2)OC)[C@H](C)C(=O)N[C@@H](C(=O)O)CCC(=O)N1C. The second kappa shape index (κ2) is 30.9. The van der Waals surface area contributed by atoms with Gasteiger partial charge in [0.05, 0.1) is 24.0 Å². The minimum atomic E-state index is -1.95. The lowest BCUT2D eigenvalue weighted by molar-refractivity contribution is -0.146. The van der Waals surface area contributed by atoms with E-state index in [1.165, 1.54) is 33.9 Å². The van der Waals surface area contributed by atoms with Crippen LogP contribution in [-0.2, 0) is 54.3 Å². The summed E-state index contributed by atoms with van der Waals surface area (Å²) < 4.78 is 5.81. The van der Waals surface area contributed by atoms with Gasteiger partial charge in [-0.25, -0.2) is 9.59 Å². The normalized spacial score (nSPS) is 24.6. The van der Waals surface area contributed by atoms with Crippen molar-refractivity contribution in [1.29, 1.82) is 0 Å². The van der Waals surface area contributed by atoms with Gasteiger partial charge in [-0.15, -0.1) is 0 Å². The highest BCUT2D eigenvalue weighted by Gasteiger charge is 2.37. The number of methoxy groups -OCH3 is 1. The number of carboxylic acids is 2. The topological polar surface area (TPSA) is 408 Å². The predicted molar refractivity (Wildman–Crippen MR) is 275 cm³/mol. The van der Waals surface area contributed by atoms with Gasteiger partial charge in [-0.05, 0) is 57.9 Å². The van der Waals surface area contributed by atoms with Crippen LogP contribution in [0.4, 0.5) is 0 Å². The number of carbonyl (C=O) groups is 9. The maximum atomic E-state index is 14.4. The molecule has 0 saturated carbocycles. The highest BCUT2D eigenvalue weighted by molar-refractivity contribution is 6.00. The largest absolute Gasteiger partial charge is 0.480 e. The van der Waals surface area contributed by atoms with Crippen molar-refractivity contribution in [3.63, 3.8) is 0 Å². The molecule has 0 radical (unpaired) electrons. The van der Waals surface area contributed by atoms with Crippen LogP contribution in [0.3, 0.4) is 0 Å². The van der Waals surface area contributed by atoms with Crippen molar-refractivity contribution in [3.8, 4) is 0 Å². The third kappa shape index (κ3) is 21.1. The lowest BCUT2D eigenvalue weighted by atomic mass is 9.94. The summed E-state index contributed by atoms with van der Waals surface area (Å²) >= 11 is 0. The fourth-order valence-electron chi connectivity index (χ4n) is 7.53. The molecule has 16 N–H and O–H groups in total. The molecule has 2 rings (SSSR count). The molecule has 1 fully saturated rings. The number of rotatable bonds is 17. The van der Waals surface area contributed by atoms with Crippen LogP contribution in [0.15, 0.2) is 76.4 Å². The minimum absolute atomic E-state index is 0.00394.